The smallest absolute Gasteiger partial charge is 0.394 e. The molecule has 0 aromatic heterocycles. The quantitative estimate of drug-likeness (QED) is 0.0759. The molecular formula is C41H36F6O3. The van der Waals surface area contributed by atoms with Gasteiger partial charge in [-0.05, 0) is 58.5 Å². The standard InChI is InChI=1S/C41H36F6O3/c1-28(27-49-39(32-17-9-4-10-18-32,33-19-11-5-12-20-33)34-21-13-6-14-22-34)38(30-15-7-3-8-16-30)37(26-48)50-29(2)31-23-35(40(42,43)44)25-36(24-31)41(45,46)47/h3-25,29,37-38,48H,1,26-27H2,2H3/t29-,37+,38?/m1/s1. The third kappa shape index (κ3) is 8.18. The van der Waals surface area contributed by atoms with Gasteiger partial charge < -0.3 is 14.6 Å². The highest BCUT2D eigenvalue weighted by Gasteiger charge is 2.40. The fourth-order valence-electron chi connectivity index (χ4n) is 6.21. The summed E-state index contributed by atoms with van der Waals surface area (Å²) in [5.41, 5.74) is -0.685. The zero-order chi connectivity index (χ0) is 35.9. The molecule has 0 aliphatic rings. The molecule has 0 fully saturated rings. The summed E-state index contributed by atoms with van der Waals surface area (Å²) in [6.07, 6.45) is -12.4. The molecular weight excluding hydrogens is 654 g/mol. The van der Waals surface area contributed by atoms with Crippen LogP contribution in [-0.2, 0) is 27.4 Å². The molecule has 1 unspecified atom stereocenters. The number of hydrogen-bond acceptors (Lipinski definition) is 3. The van der Waals surface area contributed by atoms with Gasteiger partial charge in [-0.3, -0.25) is 0 Å². The summed E-state index contributed by atoms with van der Waals surface area (Å²) in [7, 11) is 0. The van der Waals surface area contributed by atoms with Gasteiger partial charge in [0.2, 0.25) is 0 Å². The molecule has 0 spiro atoms. The molecule has 0 saturated heterocycles. The molecule has 5 aromatic rings. The van der Waals surface area contributed by atoms with Crippen LogP contribution < -0.4 is 0 Å². The Morgan fingerprint density at radius 1 is 0.600 bits per heavy atom. The summed E-state index contributed by atoms with van der Waals surface area (Å²) in [5, 5.41) is 10.7. The second-order valence-corrected chi connectivity index (χ2v) is 12.0. The van der Waals surface area contributed by atoms with Gasteiger partial charge >= 0.3 is 12.4 Å². The molecule has 0 aliphatic carbocycles. The van der Waals surface area contributed by atoms with Gasteiger partial charge in [-0.25, -0.2) is 0 Å². The van der Waals surface area contributed by atoms with Gasteiger partial charge in [0.1, 0.15) is 5.60 Å². The van der Waals surface area contributed by atoms with Crippen molar-refractivity contribution in [1.29, 1.82) is 0 Å². The number of alkyl halides is 6. The topological polar surface area (TPSA) is 38.7 Å². The maximum atomic E-state index is 13.7. The molecule has 0 saturated carbocycles. The number of hydrogen-bond donors (Lipinski definition) is 1. The van der Waals surface area contributed by atoms with Crippen molar-refractivity contribution < 1.29 is 40.9 Å². The molecule has 0 aliphatic heterocycles. The van der Waals surface area contributed by atoms with E-state index in [-0.39, 0.29) is 18.2 Å². The van der Waals surface area contributed by atoms with E-state index in [4.69, 9.17) is 9.47 Å². The van der Waals surface area contributed by atoms with E-state index >= 15 is 0 Å². The molecule has 0 amide bonds. The second-order valence-electron chi connectivity index (χ2n) is 12.0. The maximum Gasteiger partial charge on any atom is 0.416 e. The lowest BCUT2D eigenvalue weighted by Gasteiger charge is -2.37. The minimum Gasteiger partial charge on any atom is -0.394 e. The fraction of sp³-hybridized carbons (Fsp3) is 0.220. The van der Waals surface area contributed by atoms with Crippen LogP contribution in [0.15, 0.2) is 152 Å². The summed E-state index contributed by atoms with van der Waals surface area (Å²) in [6.45, 7) is 5.02. The average molecular weight is 691 g/mol. The molecule has 0 radical (unpaired) electrons. The second kappa shape index (κ2) is 15.5. The van der Waals surface area contributed by atoms with Crippen molar-refractivity contribution in [2.45, 2.75) is 43.0 Å². The third-order valence-corrected chi connectivity index (χ3v) is 8.62. The Morgan fingerprint density at radius 3 is 1.38 bits per heavy atom. The Labute approximate surface area is 287 Å². The van der Waals surface area contributed by atoms with Crippen LogP contribution in [-0.4, -0.2) is 24.4 Å². The minimum atomic E-state index is -5.02. The van der Waals surface area contributed by atoms with E-state index in [0.29, 0.717) is 23.3 Å². The SMILES string of the molecule is C=C(COC(c1ccccc1)(c1ccccc1)c1ccccc1)C(c1ccccc1)[C@H](CO)O[C@H](C)c1cc(C(F)(F)F)cc(C(F)(F)F)c1. The monoisotopic (exact) mass is 690 g/mol. The van der Waals surface area contributed by atoms with Crippen molar-refractivity contribution in [3.8, 4) is 0 Å². The Morgan fingerprint density at radius 2 is 1.00 bits per heavy atom. The summed E-state index contributed by atoms with van der Waals surface area (Å²) in [6, 6.07) is 39.2. The molecule has 9 heteroatoms. The van der Waals surface area contributed by atoms with Crippen LogP contribution in [0.1, 0.15) is 57.9 Å². The van der Waals surface area contributed by atoms with Crippen LogP contribution in [0.4, 0.5) is 26.3 Å². The third-order valence-electron chi connectivity index (χ3n) is 8.62. The highest BCUT2D eigenvalue weighted by molar-refractivity contribution is 5.48. The van der Waals surface area contributed by atoms with Crippen LogP contribution >= 0.6 is 0 Å². The molecule has 5 aromatic carbocycles. The minimum absolute atomic E-state index is 0.0612. The number of benzene rings is 5. The zero-order valence-electron chi connectivity index (χ0n) is 27.2. The van der Waals surface area contributed by atoms with Crippen LogP contribution in [0.2, 0.25) is 0 Å². The number of aliphatic hydroxyl groups is 1. The largest absolute Gasteiger partial charge is 0.416 e. The zero-order valence-corrected chi connectivity index (χ0v) is 27.2. The lowest BCUT2D eigenvalue weighted by Crippen LogP contribution is -2.35. The number of halogens is 6. The van der Waals surface area contributed by atoms with E-state index in [1.807, 2.05) is 91.0 Å². The lowest BCUT2D eigenvalue weighted by molar-refractivity contribution is -0.143. The van der Waals surface area contributed by atoms with Gasteiger partial charge in [-0.2, -0.15) is 26.3 Å². The predicted octanol–water partition coefficient (Wildman–Crippen LogP) is 10.5. The fourth-order valence-corrected chi connectivity index (χ4v) is 6.21. The van der Waals surface area contributed by atoms with E-state index in [1.54, 1.807) is 30.3 Å². The first-order valence-corrected chi connectivity index (χ1v) is 15.9. The predicted molar refractivity (Wildman–Crippen MR) is 180 cm³/mol. The Bertz CT molecular complexity index is 1700. The Balaban J connectivity index is 1.53. The summed E-state index contributed by atoms with van der Waals surface area (Å²) in [5.74, 6) is -0.767. The number of rotatable bonds is 13. The van der Waals surface area contributed by atoms with E-state index in [0.717, 1.165) is 16.7 Å². The lowest BCUT2D eigenvalue weighted by atomic mass is 9.79. The van der Waals surface area contributed by atoms with Gasteiger partial charge in [0, 0.05) is 5.92 Å². The summed E-state index contributed by atoms with van der Waals surface area (Å²) >= 11 is 0. The van der Waals surface area contributed by atoms with Crippen molar-refractivity contribution in [3.63, 3.8) is 0 Å². The molecule has 3 atom stereocenters. The van der Waals surface area contributed by atoms with E-state index in [9.17, 15) is 31.4 Å². The average Bonchev–Trinajstić information content (AvgIpc) is 3.12. The summed E-state index contributed by atoms with van der Waals surface area (Å²) < 4.78 is 95.1. The van der Waals surface area contributed by atoms with E-state index in [1.165, 1.54) is 6.92 Å². The Hall–Kier alpha value is -4.70. The van der Waals surface area contributed by atoms with Gasteiger partial charge in [0.15, 0.2) is 0 Å². The molecule has 3 nitrogen and oxygen atoms in total. The van der Waals surface area contributed by atoms with Gasteiger partial charge in [-0.15, -0.1) is 0 Å². The van der Waals surface area contributed by atoms with Crippen molar-refractivity contribution in [1.82, 2.24) is 0 Å². The van der Waals surface area contributed by atoms with Crippen LogP contribution in [0.5, 0.6) is 0 Å². The van der Waals surface area contributed by atoms with Crippen molar-refractivity contribution in [2.75, 3.05) is 13.2 Å². The van der Waals surface area contributed by atoms with Crippen molar-refractivity contribution >= 4 is 0 Å². The van der Waals surface area contributed by atoms with Gasteiger partial charge in [0.05, 0.1) is 36.5 Å². The van der Waals surface area contributed by atoms with Crippen molar-refractivity contribution in [3.05, 3.63) is 191 Å². The molecule has 260 valence electrons. The van der Waals surface area contributed by atoms with Crippen molar-refractivity contribution in [2.24, 2.45) is 0 Å². The molecule has 0 heterocycles. The molecule has 0 bridgehead atoms. The van der Waals surface area contributed by atoms with Crippen LogP contribution in [0.3, 0.4) is 0 Å². The highest BCUT2D eigenvalue weighted by atomic mass is 19.4. The Kier molecular flexibility index (Phi) is 11.3. The normalized spacial score (nSPS) is 14.2. The molecule has 1 N–H and O–H groups in total. The first kappa shape index (κ1) is 36.6. The first-order chi connectivity index (χ1) is 23.8. The highest BCUT2D eigenvalue weighted by Crippen LogP contribution is 2.43. The van der Waals surface area contributed by atoms with E-state index in [2.05, 4.69) is 6.58 Å². The van der Waals surface area contributed by atoms with Crippen LogP contribution in [0.25, 0.3) is 0 Å². The molecule has 50 heavy (non-hydrogen) atoms. The van der Waals surface area contributed by atoms with Gasteiger partial charge in [0.25, 0.3) is 0 Å². The summed E-state index contributed by atoms with van der Waals surface area (Å²) in [4.78, 5) is 0. The van der Waals surface area contributed by atoms with E-state index < -0.39 is 53.8 Å². The van der Waals surface area contributed by atoms with Crippen LogP contribution in [0, 0.1) is 0 Å². The maximum absolute atomic E-state index is 13.7. The van der Waals surface area contributed by atoms with Gasteiger partial charge in [-0.1, -0.05) is 128 Å². The number of ether oxygens (including phenoxy) is 2. The molecule has 5 rings (SSSR count). The first-order valence-electron chi connectivity index (χ1n) is 15.9. The number of aliphatic hydroxyl groups excluding tert-OH is 1.